The summed E-state index contributed by atoms with van der Waals surface area (Å²) in [6, 6.07) is 13.0. The number of carbonyl (C=O) groups excluding carboxylic acids is 1. The highest BCUT2D eigenvalue weighted by Crippen LogP contribution is 2.19. The second kappa shape index (κ2) is 5.35. The average molecular weight is 256 g/mol. The Kier molecular flexibility index (Phi) is 3.61. The van der Waals surface area contributed by atoms with E-state index in [1.165, 1.54) is 12.1 Å². The van der Waals surface area contributed by atoms with Crippen molar-refractivity contribution in [2.24, 2.45) is 0 Å². The number of aromatic carboxylic acids is 1. The van der Waals surface area contributed by atoms with Gasteiger partial charge in [-0.3, -0.25) is 0 Å². The summed E-state index contributed by atoms with van der Waals surface area (Å²) in [6.07, 6.45) is 0. The van der Waals surface area contributed by atoms with E-state index in [1.54, 1.807) is 30.3 Å². The second-order valence-corrected chi connectivity index (χ2v) is 4.06. The molecule has 0 aliphatic heterocycles. The smallest absolute Gasteiger partial charge is 0.343 e. The Morgan fingerprint density at radius 2 is 1.79 bits per heavy atom. The Hall–Kier alpha value is -2.62. The predicted octanol–water partition coefficient (Wildman–Crippen LogP) is 2.91. The van der Waals surface area contributed by atoms with E-state index >= 15 is 0 Å². The summed E-state index contributed by atoms with van der Waals surface area (Å²) < 4.78 is 5.13. The fraction of sp³-hybridized carbons (Fsp3) is 0.0667. The molecule has 0 amide bonds. The van der Waals surface area contributed by atoms with Crippen molar-refractivity contribution in [1.82, 2.24) is 0 Å². The van der Waals surface area contributed by atoms with Crippen LogP contribution in [0.2, 0.25) is 0 Å². The number of ether oxygens (including phenoxy) is 1. The zero-order valence-corrected chi connectivity index (χ0v) is 10.3. The second-order valence-electron chi connectivity index (χ2n) is 4.06. The van der Waals surface area contributed by atoms with E-state index in [0.29, 0.717) is 5.56 Å². The fourth-order valence-electron chi connectivity index (χ4n) is 1.66. The van der Waals surface area contributed by atoms with Crippen molar-refractivity contribution in [3.05, 3.63) is 65.2 Å². The third-order valence-electron chi connectivity index (χ3n) is 2.57. The van der Waals surface area contributed by atoms with Gasteiger partial charge in [-0.15, -0.1) is 0 Å². The zero-order chi connectivity index (χ0) is 13.8. The van der Waals surface area contributed by atoms with Gasteiger partial charge in [0.25, 0.3) is 0 Å². The first-order valence-corrected chi connectivity index (χ1v) is 5.69. The molecule has 0 fully saturated rings. The van der Waals surface area contributed by atoms with Crippen LogP contribution in [0.25, 0.3) is 0 Å². The van der Waals surface area contributed by atoms with Crippen molar-refractivity contribution in [2.45, 2.75) is 6.92 Å². The van der Waals surface area contributed by atoms with Crippen molar-refractivity contribution in [1.29, 1.82) is 0 Å². The van der Waals surface area contributed by atoms with Crippen molar-refractivity contribution >= 4 is 11.9 Å². The molecule has 0 bridgehead atoms. The first-order valence-electron chi connectivity index (χ1n) is 5.69. The Morgan fingerprint density at radius 1 is 1.05 bits per heavy atom. The summed E-state index contributed by atoms with van der Waals surface area (Å²) in [5, 5.41) is 9.00. The molecule has 0 spiro atoms. The van der Waals surface area contributed by atoms with Crippen LogP contribution in [0.5, 0.6) is 5.75 Å². The molecule has 0 radical (unpaired) electrons. The maximum absolute atomic E-state index is 11.9. The topological polar surface area (TPSA) is 63.6 Å². The lowest BCUT2D eigenvalue weighted by Gasteiger charge is -2.07. The van der Waals surface area contributed by atoms with Crippen LogP contribution in [-0.2, 0) is 0 Å². The molecule has 2 rings (SSSR count). The van der Waals surface area contributed by atoms with Crippen molar-refractivity contribution < 1.29 is 19.4 Å². The van der Waals surface area contributed by atoms with E-state index in [1.807, 2.05) is 13.0 Å². The van der Waals surface area contributed by atoms with Crippen LogP contribution >= 0.6 is 0 Å². The standard InChI is InChI=1S/C15H12O4/c1-10-5-4-6-11(9-10)15(18)19-13-8-3-2-7-12(13)14(16)17/h2-9H,1H3,(H,16,17). The van der Waals surface area contributed by atoms with Crippen molar-refractivity contribution in [3.63, 3.8) is 0 Å². The minimum Gasteiger partial charge on any atom is -0.478 e. The van der Waals surface area contributed by atoms with Gasteiger partial charge < -0.3 is 9.84 Å². The summed E-state index contributed by atoms with van der Waals surface area (Å²) >= 11 is 0. The number of carbonyl (C=O) groups is 2. The van der Waals surface area contributed by atoms with Crippen LogP contribution < -0.4 is 4.74 Å². The first kappa shape index (κ1) is 12.8. The molecule has 0 unspecified atom stereocenters. The normalized spacial score (nSPS) is 9.95. The highest BCUT2D eigenvalue weighted by Gasteiger charge is 2.15. The van der Waals surface area contributed by atoms with E-state index in [4.69, 9.17) is 9.84 Å². The minimum atomic E-state index is -1.13. The third kappa shape index (κ3) is 2.98. The summed E-state index contributed by atoms with van der Waals surface area (Å²) in [5.74, 6) is -1.66. The number of carboxylic acids is 1. The lowest BCUT2D eigenvalue weighted by molar-refractivity contribution is 0.0681. The van der Waals surface area contributed by atoms with E-state index in [2.05, 4.69) is 0 Å². The van der Waals surface area contributed by atoms with Crippen LogP contribution in [-0.4, -0.2) is 17.0 Å². The van der Waals surface area contributed by atoms with Gasteiger partial charge in [0, 0.05) is 0 Å². The average Bonchev–Trinajstić information content (AvgIpc) is 2.39. The minimum absolute atomic E-state index is 0.0384. The Morgan fingerprint density at radius 3 is 2.47 bits per heavy atom. The zero-order valence-electron chi connectivity index (χ0n) is 10.3. The van der Waals surface area contributed by atoms with E-state index in [0.717, 1.165) is 5.56 Å². The van der Waals surface area contributed by atoms with Gasteiger partial charge in [-0.2, -0.15) is 0 Å². The molecule has 19 heavy (non-hydrogen) atoms. The molecule has 4 heteroatoms. The molecule has 0 aliphatic carbocycles. The molecule has 2 aromatic rings. The van der Waals surface area contributed by atoms with Crippen molar-refractivity contribution in [2.75, 3.05) is 0 Å². The van der Waals surface area contributed by atoms with Crippen LogP contribution in [0.15, 0.2) is 48.5 Å². The predicted molar refractivity (Wildman–Crippen MR) is 69.5 cm³/mol. The van der Waals surface area contributed by atoms with Gasteiger partial charge >= 0.3 is 11.9 Å². The van der Waals surface area contributed by atoms with Gasteiger partial charge in [0.15, 0.2) is 0 Å². The summed E-state index contributed by atoms with van der Waals surface area (Å²) in [6.45, 7) is 1.86. The Balaban J connectivity index is 2.27. The molecule has 4 nitrogen and oxygen atoms in total. The number of hydrogen-bond donors (Lipinski definition) is 1. The van der Waals surface area contributed by atoms with Gasteiger partial charge in [-0.25, -0.2) is 9.59 Å². The number of benzene rings is 2. The van der Waals surface area contributed by atoms with Crippen LogP contribution in [0.1, 0.15) is 26.3 Å². The summed E-state index contributed by atoms with van der Waals surface area (Å²) in [5.41, 5.74) is 1.28. The highest BCUT2D eigenvalue weighted by atomic mass is 16.5. The number of hydrogen-bond acceptors (Lipinski definition) is 3. The van der Waals surface area contributed by atoms with E-state index in [9.17, 15) is 9.59 Å². The van der Waals surface area contributed by atoms with Gasteiger partial charge in [-0.05, 0) is 31.2 Å². The van der Waals surface area contributed by atoms with E-state index < -0.39 is 11.9 Å². The lowest BCUT2D eigenvalue weighted by Crippen LogP contribution is -2.11. The summed E-state index contributed by atoms with van der Waals surface area (Å²) in [4.78, 5) is 22.9. The molecule has 0 saturated carbocycles. The first-order chi connectivity index (χ1) is 9.08. The molecule has 96 valence electrons. The lowest BCUT2D eigenvalue weighted by atomic mass is 10.1. The van der Waals surface area contributed by atoms with Crippen LogP contribution in [0, 0.1) is 6.92 Å². The number of carboxylic acid groups (broad SMARTS) is 1. The molecule has 2 aromatic carbocycles. The summed E-state index contributed by atoms with van der Waals surface area (Å²) in [7, 11) is 0. The fourth-order valence-corrected chi connectivity index (χ4v) is 1.66. The Bertz CT molecular complexity index is 632. The van der Waals surface area contributed by atoms with Crippen LogP contribution in [0.3, 0.4) is 0 Å². The molecule has 0 atom stereocenters. The third-order valence-corrected chi connectivity index (χ3v) is 2.57. The maximum Gasteiger partial charge on any atom is 0.343 e. The van der Waals surface area contributed by atoms with Crippen molar-refractivity contribution in [3.8, 4) is 5.75 Å². The van der Waals surface area contributed by atoms with Crippen LogP contribution in [0.4, 0.5) is 0 Å². The molecule has 0 heterocycles. The molecule has 0 saturated heterocycles. The van der Waals surface area contributed by atoms with Gasteiger partial charge in [0.1, 0.15) is 11.3 Å². The number of rotatable bonds is 3. The molecule has 0 aromatic heterocycles. The SMILES string of the molecule is Cc1cccc(C(=O)Oc2ccccc2C(=O)O)c1. The van der Waals surface area contributed by atoms with Gasteiger partial charge in [0.2, 0.25) is 0 Å². The number of aryl methyl sites for hydroxylation is 1. The molecular formula is C15H12O4. The Labute approximate surface area is 110 Å². The molecule has 0 aliphatic rings. The van der Waals surface area contributed by atoms with Gasteiger partial charge in [-0.1, -0.05) is 29.8 Å². The van der Waals surface area contributed by atoms with Gasteiger partial charge in [0.05, 0.1) is 5.56 Å². The quantitative estimate of drug-likeness (QED) is 0.677. The van der Waals surface area contributed by atoms with E-state index in [-0.39, 0.29) is 11.3 Å². The largest absolute Gasteiger partial charge is 0.478 e. The molecule has 1 N–H and O–H groups in total. The maximum atomic E-state index is 11.9. The molecular weight excluding hydrogens is 244 g/mol. The number of esters is 1. The highest BCUT2D eigenvalue weighted by molar-refractivity contribution is 5.95. The monoisotopic (exact) mass is 256 g/mol. The number of para-hydroxylation sites is 1.